The van der Waals surface area contributed by atoms with Crippen LogP contribution >= 0.6 is 27.5 Å². The van der Waals surface area contributed by atoms with Crippen LogP contribution in [0.1, 0.15) is 45.1 Å². The smallest absolute Gasteiger partial charge is 0.0467 e. The third-order valence-corrected chi connectivity index (χ3v) is 4.05. The third kappa shape index (κ3) is 4.47. The first-order valence-corrected chi connectivity index (χ1v) is 8.32. The summed E-state index contributed by atoms with van der Waals surface area (Å²) in [7, 11) is 0. The molecule has 0 N–H and O–H groups in total. The van der Waals surface area contributed by atoms with Crippen molar-refractivity contribution >= 4 is 33.2 Å². The van der Waals surface area contributed by atoms with Gasteiger partial charge in [-0.15, -0.1) is 0 Å². The second-order valence-corrected chi connectivity index (χ2v) is 5.53. The average molecular weight is 333 g/mol. The maximum atomic E-state index is 6.29. The van der Waals surface area contributed by atoms with Gasteiger partial charge in [0.05, 0.1) is 0 Å². The van der Waals surface area contributed by atoms with Crippen molar-refractivity contribution in [3.63, 3.8) is 0 Å². The first-order valence-electron chi connectivity index (χ1n) is 6.82. The van der Waals surface area contributed by atoms with Gasteiger partial charge in [-0.05, 0) is 25.0 Å². The lowest BCUT2D eigenvalue weighted by Gasteiger charge is -2.27. The molecule has 0 bridgehead atoms. The topological polar surface area (TPSA) is 3.24 Å². The fourth-order valence-corrected chi connectivity index (χ4v) is 3.01. The summed E-state index contributed by atoms with van der Waals surface area (Å²) in [6.45, 7) is 6.72. The molecule has 1 rings (SSSR count). The summed E-state index contributed by atoms with van der Waals surface area (Å²) in [4.78, 5) is 2.48. The van der Waals surface area contributed by atoms with Gasteiger partial charge in [0, 0.05) is 34.7 Å². The first-order chi connectivity index (χ1) is 8.74. The fourth-order valence-electron chi connectivity index (χ4n) is 2.03. The third-order valence-electron chi connectivity index (χ3n) is 3.13. The summed E-state index contributed by atoms with van der Waals surface area (Å²) in [6, 6.07) is 6.21. The Kier molecular flexibility index (Phi) is 7.76. The second-order valence-electron chi connectivity index (χ2n) is 4.57. The molecule has 1 nitrogen and oxygen atoms in total. The first kappa shape index (κ1) is 15.8. The van der Waals surface area contributed by atoms with Crippen LogP contribution in [0.5, 0.6) is 0 Å². The van der Waals surface area contributed by atoms with E-state index in [-0.39, 0.29) is 0 Å². The van der Waals surface area contributed by atoms with Crippen molar-refractivity contribution < 1.29 is 0 Å². The van der Waals surface area contributed by atoms with Gasteiger partial charge in [0.2, 0.25) is 0 Å². The van der Waals surface area contributed by atoms with Gasteiger partial charge in [-0.25, -0.2) is 0 Å². The number of unbranched alkanes of at least 4 members (excludes halogenated alkanes) is 2. The van der Waals surface area contributed by atoms with Gasteiger partial charge in [-0.2, -0.15) is 0 Å². The Hall–Kier alpha value is -0.210. The molecular weight excluding hydrogens is 310 g/mol. The highest BCUT2D eigenvalue weighted by Gasteiger charge is 2.12. The summed E-state index contributed by atoms with van der Waals surface area (Å²) in [5, 5.41) is 1.68. The number of anilines is 1. The molecule has 0 aliphatic carbocycles. The van der Waals surface area contributed by atoms with Crippen LogP contribution in [0.15, 0.2) is 18.2 Å². The Morgan fingerprint density at radius 2 is 1.72 bits per heavy atom. The van der Waals surface area contributed by atoms with E-state index in [1.54, 1.807) is 0 Å². The van der Waals surface area contributed by atoms with Crippen molar-refractivity contribution in [3.05, 3.63) is 28.8 Å². The van der Waals surface area contributed by atoms with Crippen LogP contribution in [0.3, 0.4) is 0 Å². The number of benzene rings is 1. The lowest BCUT2D eigenvalue weighted by atomic mass is 10.1. The molecule has 3 heteroatoms. The molecule has 0 amide bonds. The van der Waals surface area contributed by atoms with Gasteiger partial charge in [0.15, 0.2) is 0 Å². The molecule has 0 radical (unpaired) electrons. The Labute approximate surface area is 125 Å². The summed E-state index contributed by atoms with van der Waals surface area (Å²) >= 11 is 9.84. The maximum absolute atomic E-state index is 6.29. The van der Waals surface area contributed by atoms with Gasteiger partial charge in [-0.3, -0.25) is 0 Å². The molecule has 1 aromatic carbocycles. The van der Waals surface area contributed by atoms with E-state index in [4.69, 9.17) is 11.6 Å². The zero-order valence-electron chi connectivity index (χ0n) is 11.4. The number of halogens is 2. The lowest BCUT2D eigenvalue weighted by molar-refractivity contribution is 0.676. The maximum Gasteiger partial charge on any atom is 0.0467 e. The molecule has 0 fully saturated rings. The molecule has 0 heterocycles. The van der Waals surface area contributed by atoms with Crippen LogP contribution in [0, 0.1) is 0 Å². The summed E-state index contributed by atoms with van der Waals surface area (Å²) in [5.41, 5.74) is 2.51. The van der Waals surface area contributed by atoms with Crippen molar-refractivity contribution in [2.24, 2.45) is 0 Å². The molecule has 0 aromatic heterocycles. The monoisotopic (exact) mass is 331 g/mol. The van der Waals surface area contributed by atoms with Crippen LogP contribution < -0.4 is 4.90 Å². The number of nitrogens with zero attached hydrogens (tertiary/aromatic N) is 1. The molecule has 0 spiro atoms. The molecule has 0 unspecified atom stereocenters. The lowest BCUT2D eigenvalue weighted by Crippen LogP contribution is -2.26. The van der Waals surface area contributed by atoms with Crippen LogP contribution in [-0.2, 0) is 5.33 Å². The van der Waals surface area contributed by atoms with Crippen LogP contribution in [0.4, 0.5) is 5.69 Å². The predicted molar refractivity (Wildman–Crippen MR) is 86.1 cm³/mol. The number of rotatable bonds is 8. The fraction of sp³-hybridized carbons (Fsp3) is 0.600. The van der Waals surface area contributed by atoms with Gasteiger partial charge in [0.1, 0.15) is 0 Å². The van der Waals surface area contributed by atoms with Gasteiger partial charge < -0.3 is 4.90 Å². The zero-order valence-corrected chi connectivity index (χ0v) is 13.7. The normalized spacial score (nSPS) is 10.7. The highest BCUT2D eigenvalue weighted by molar-refractivity contribution is 9.08. The molecule has 0 saturated carbocycles. The molecule has 1 aromatic rings. The second kappa shape index (κ2) is 8.82. The Morgan fingerprint density at radius 1 is 1.11 bits per heavy atom. The molecule has 0 aliphatic rings. The molecule has 18 heavy (non-hydrogen) atoms. The van der Waals surface area contributed by atoms with Crippen molar-refractivity contribution in [1.82, 2.24) is 0 Å². The Morgan fingerprint density at radius 3 is 2.22 bits per heavy atom. The summed E-state index contributed by atoms with van der Waals surface area (Å²) < 4.78 is 0. The number of hydrogen-bond acceptors (Lipinski definition) is 1. The zero-order chi connectivity index (χ0) is 13.4. The summed E-state index contributed by atoms with van der Waals surface area (Å²) in [6.07, 6.45) is 4.93. The molecule has 102 valence electrons. The number of hydrogen-bond donors (Lipinski definition) is 0. The van der Waals surface area contributed by atoms with E-state index in [9.17, 15) is 0 Å². The standard InChI is InChI=1S/C15H23BrClN/c1-3-5-10-18(11-6-4-2)15-9-7-8-14(17)13(15)12-16/h7-9H,3-6,10-12H2,1-2H3. The van der Waals surface area contributed by atoms with Crippen molar-refractivity contribution in [1.29, 1.82) is 0 Å². The van der Waals surface area contributed by atoms with E-state index >= 15 is 0 Å². The van der Waals surface area contributed by atoms with Gasteiger partial charge >= 0.3 is 0 Å². The van der Waals surface area contributed by atoms with E-state index < -0.39 is 0 Å². The number of alkyl halides is 1. The van der Waals surface area contributed by atoms with Crippen LogP contribution in [0.25, 0.3) is 0 Å². The van der Waals surface area contributed by atoms with E-state index in [2.05, 4.69) is 46.8 Å². The minimum absolute atomic E-state index is 0.816. The molecular formula is C15H23BrClN. The highest BCUT2D eigenvalue weighted by Crippen LogP contribution is 2.30. The molecule has 0 saturated heterocycles. The van der Waals surface area contributed by atoms with E-state index in [1.165, 1.54) is 36.9 Å². The van der Waals surface area contributed by atoms with Crippen molar-refractivity contribution in [2.45, 2.75) is 44.9 Å². The Balaban J connectivity index is 2.91. The van der Waals surface area contributed by atoms with Crippen LogP contribution in [-0.4, -0.2) is 13.1 Å². The van der Waals surface area contributed by atoms with E-state index in [0.717, 1.165) is 23.4 Å². The minimum Gasteiger partial charge on any atom is -0.371 e. The SMILES string of the molecule is CCCCN(CCCC)c1cccc(Cl)c1CBr. The Bertz CT molecular complexity index is 346. The van der Waals surface area contributed by atoms with Crippen molar-refractivity contribution in [3.8, 4) is 0 Å². The molecule has 0 aliphatic heterocycles. The van der Waals surface area contributed by atoms with E-state index in [0.29, 0.717) is 0 Å². The van der Waals surface area contributed by atoms with Crippen LogP contribution in [0.2, 0.25) is 5.02 Å². The van der Waals surface area contributed by atoms with Crippen molar-refractivity contribution in [2.75, 3.05) is 18.0 Å². The van der Waals surface area contributed by atoms with Gasteiger partial charge in [0.25, 0.3) is 0 Å². The minimum atomic E-state index is 0.816. The predicted octanol–water partition coefficient (Wildman–Crippen LogP) is 5.64. The summed E-state index contributed by atoms with van der Waals surface area (Å²) in [5.74, 6) is 0. The van der Waals surface area contributed by atoms with E-state index in [1.807, 2.05) is 6.07 Å². The van der Waals surface area contributed by atoms with Gasteiger partial charge in [-0.1, -0.05) is 60.3 Å². The largest absolute Gasteiger partial charge is 0.371 e. The molecule has 0 atom stereocenters. The highest BCUT2D eigenvalue weighted by atomic mass is 79.9. The quantitative estimate of drug-likeness (QED) is 0.557. The average Bonchev–Trinajstić information content (AvgIpc) is 2.39.